The van der Waals surface area contributed by atoms with Gasteiger partial charge in [0.2, 0.25) is 11.9 Å². The van der Waals surface area contributed by atoms with Crippen molar-refractivity contribution in [2.24, 2.45) is 7.05 Å². The molecule has 0 radical (unpaired) electrons. The van der Waals surface area contributed by atoms with Gasteiger partial charge in [0.15, 0.2) is 5.69 Å². The number of anilines is 3. The first-order valence-corrected chi connectivity index (χ1v) is 15.3. The maximum absolute atomic E-state index is 13.7. The van der Waals surface area contributed by atoms with E-state index in [0.717, 1.165) is 17.5 Å². The van der Waals surface area contributed by atoms with Crippen LogP contribution in [0.1, 0.15) is 41.0 Å². The smallest absolute Gasteiger partial charge is 0.281 e. The largest absolute Gasteiger partial charge is 0.377 e. The van der Waals surface area contributed by atoms with Gasteiger partial charge in [-0.3, -0.25) is 18.9 Å². The highest BCUT2D eigenvalue weighted by Gasteiger charge is 2.30. The molecule has 4 heterocycles. The second-order valence-corrected chi connectivity index (χ2v) is 11.7. The third-order valence-corrected chi connectivity index (χ3v) is 8.15. The van der Waals surface area contributed by atoms with Crippen LogP contribution in [0.25, 0.3) is 10.9 Å². The number of amides is 1. The molecule has 1 saturated heterocycles. The highest BCUT2D eigenvalue weighted by molar-refractivity contribution is 7.97. The minimum absolute atomic E-state index is 0.125. The first kappa shape index (κ1) is 29.9. The molecule has 1 aliphatic heterocycles. The first-order chi connectivity index (χ1) is 20.1. The average Bonchev–Trinajstić information content (AvgIpc) is 3.46. The van der Waals surface area contributed by atoms with E-state index in [0.29, 0.717) is 46.6 Å². The van der Waals surface area contributed by atoms with Gasteiger partial charge in [-0.25, -0.2) is 19.9 Å². The molecule has 0 saturated carbocycles. The summed E-state index contributed by atoms with van der Waals surface area (Å²) < 4.78 is 4.31. The molecule has 0 bridgehead atoms. The molecule has 220 valence electrons. The lowest BCUT2D eigenvalue weighted by molar-refractivity contribution is 0.0980. The molecule has 0 spiro atoms. The molecule has 1 aromatic carbocycles. The van der Waals surface area contributed by atoms with Gasteiger partial charge in [-0.1, -0.05) is 41.2 Å². The predicted octanol–water partition coefficient (Wildman–Crippen LogP) is 4.63. The maximum Gasteiger partial charge on any atom is 0.281 e. The average molecular weight is 629 g/mol. The Morgan fingerprint density at radius 3 is 2.64 bits per heavy atom. The molecule has 0 aliphatic carbocycles. The Morgan fingerprint density at radius 1 is 1.19 bits per heavy atom. The molecule has 2 unspecified atom stereocenters. The number of hydrogen-bond acceptors (Lipinski definition) is 10. The standard InChI is InChI=1S/C28H31Cl2N9O2S/c1-15-10-19(16(2)33-21-6-7-22(30)34-24(21)25(40)36-42-5)23-20(11-15)26(41)38(4)28(35-23)39-9-8-18(14-39)37(3)27-31-12-17(29)13-32-27/h6-7,10-13,16,18,33H,8-9,14H2,1-5H3,(H,36,40). The fraction of sp³-hybridized carbons (Fsp3) is 0.357. The monoisotopic (exact) mass is 627 g/mol. The molecule has 3 aromatic heterocycles. The second kappa shape index (κ2) is 12.3. The second-order valence-electron chi connectivity index (χ2n) is 10.3. The summed E-state index contributed by atoms with van der Waals surface area (Å²) in [5.41, 5.74) is 2.94. The summed E-state index contributed by atoms with van der Waals surface area (Å²) in [5, 5.41) is 4.62. The van der Waals surface area contributed by atoms with E-state index < -0.39 is 0 Å². The summed E-state index contributed by atoms with van der Waals surface area (Å²) >= 11 is 13.2. The molecule has 5 rings (SSSR count). The van der Waals surface area contributed by atoms with E-state index >= 15 is 0 Å². The number of nitrogens with one attached hydrogen (secondary N) is 2. The lowest BCUT2D eigenvalue weighted by atomic mass is 10.0. The van der Waals surface area contributed by atoms with E-state index in [-0.39, 0.29) is 34.4 Å². The Kier molecular flexibility index (Phi) is 8.76. The van der Waals surface area contributed by atoms with Crippen LogP contribution in [0.5, 0.6) is 0 Å². The number of aromatic nitrogens is 5. The number of fused-ring (bicyclic) bond motifs is 1. The van der Waals surface area contributed by atoms with Crippen LogP contribution in [0.2, 0.25) is 10.2 Å². The first-order valence-electron chi connectivity index (χ1n) is 13.3. The minimum Gasteiger partial charge on any atom is -0.377 e. The predicted molar refractivity (Wildman–Crippen MR) is 170 cm³/mol. The Balaban J connectivity index is 1.49. The van der Waals surface area contributed by atoms with Crippen molar-refractivity contribution in [3.05, 3.63) is 74.0 Å². The molecule has 2 atom stereocenters. The molecule has 11 nitrogen and oxygen atoms in total. The van der Waals surface area contributed by atoms with Gasteiger partial charge in [0.25, 0.3) is 11.5 Å². The highest BCUT2D eigenvalue weighted by Crippen LogP contribution is 2.30. The Hall–Kier alpha value is -3.61. The van der Waals surface area contributed by atoms with Crippen LogP contribution in [-0.2, 0) is 7.05 Å². The van der Waals surface area contributed by atoms with E-state index in [2.05, 4.69) is 29.9 Å². The molecule has 1 fully saturated rings. The Labute approximate surface area is 257 Å². The number of aryl methyl sites for hydroxylation is 1. The van der Waals surface area contributed by atoms with Crippen molar-refractivity contribution in [1.82, 2.24) is 29.2 Å². The van der Waals surface area contributed by atoms with Crippen molar-refractivity contribution in [3.8, 4) is 0 Å². The van der Waals surface area contributed by atoms with Gasteiger partial charge in [-0.15, -0.1) is 0 Å². The van der Waals surface area contributed by atoms with Gasteiger partial charge in [0.05, 0.1) is 46.1 Å². The minimum atomic E-state index is -0.361. The summed E-state index contributed by atoms with van der Waals surface area (Å²) in [6, 6.07) is 7.04. The SMILES string of the molecule is CSNC(=O)c1nc(Cl)ccc1NC(C)c1cc(C)cc2c(=O)n(C)c(N3CCC(N(C)c4ncc(Cl)cn4)C3)nc12. The lowest BCUT2D eigenvalue weighted by Gasteiger charge is -2.26. The van der Waals surface area contributed by atoms with Gasteiger partial charge in [0, 0.05) is 39.0 Å². The van der Waals surface area contributed by atoms with Crippen LogP contribution >= 0.6 is 35.1 Å². The zero-order valence-electron chi connectivity index (χ0n) is 23.9. The van der Waals surface area contributed by atoms with Crippen LogP contribution in [0.3, 0.4) is 0 Å². The Bertz CT molecular complexity index is 1700. The number of rotatable bonds is 8. The van der Waals surface area contributed by atoms with Crippen LogP contribution in [0, 0.1) is 6.92 Å². The van der Waals surface area contributed by atoms with Crippen LogP contribution in [-0.4, -0.2) is 62.8 Å². The third kappa shape index (κ3) is 5.97. The van der Waals surface area contributed by atoms with Gasteiger partial charge >= 0.3 is 0 Å². The number of carbonyl (C=O) groups excluding carboxylic acids is 1. The fourth-order valence-corrected chi connectivity index (χ4v) is 5.75. The molecule has 1 amide bonds. The van der Waals surface area contributed by atoms with E-state index in [9.17, 15) is 9.59 Å². The fourth-order valence-electron chi connectivity index (χ4n) is 5.22. The van der Waals surface area contributed by atoms with E-state index in [1.807, 2.05) is 37.9 Å². The number of pyridine rings is 1. The van der Waals surface area contributed by atoms with Crippen molar-refractivity contribution in [2.75, 3.05) is 41.5 Å². The van der Waals surface area contributed by atoms with Crippen LogP contribution < -0.4 is 25.4 Å². The molecule has 2 N–H and O–H groups in total. The van der Waals surface area contributed by atoms with Crippen molar-refractivity contribution >= 4 is 69.5 Å². The van der Waals surface area contributed by atoms with Crippen molar-refractivity contribution in [2.45, 2.75) is 32.4 Å². The molecule has 14 heteroatoms. The number of likely N-dealkylation sites (N-methyl/N-ethyl adjacent to an activating group) is 1. The normalized spacial score (nSPS) is 15.6. The molecule has 4 aromatic rings. The molecule has 1 aliphatic rings. The topological polar surface area (TPSA) is 121 Å². The number of carbonyl (C=O) groups is 1. The summed E-state index contributed by atoms with van der Waals surface area (Å²) in [7, 11) is 3.71. The molecule has 42 heavy (non-hydrogen) atoms. The molecular formula is C28H31Cl2N9O2S. The van der Waals surface area contributed by atoms with Crippen LogP contribution in [0.4, 0.5) is 17.6 Å². The van der Waals surface area contributed by atoms with Crippen LogP contribution in [0.15, 0.2) is 41.5 Å². The number of halogens is 2. The number of benzene rings is 1. The summed E-state index contributed by atoms with van der Waals surface area (Å²) in [6.45, 7) is 5.27. The van der Waals surface area contributed by atoms with Crippen molar-refractivity contribution in [3.63, 3.8) is 0 Å². The number of hydrogen-bond donors (Lipinski definition) is 2. The zero-order chi connectivity index (χ0) is 30.1. The van der Waals surface area contributed by atoms with Gasteiger partial charge < -0.3 is 15.1 Å². The van der Waals surface area contributed by atoms with Gasteiger partial charge in [-0.05, 0) is 44.0 Å². The van der Waals surface area contributed by atoms with Gasteiger partial charge in [0.1, 0.15) is 5.15 Å². The summed E-state index contributed by atoms with van der Waals surface area (Å²) in [5.74, 6) is 0.818. The number of nitrogens with zero attached hydrogens (tertiary/aromatic N) is 7. The molecular weight excluding hydrogens is 597 g/mol. The van der Waals surface area contributed by atoms with E-state index in [1.165, 1.54) is 11.9 Å². The maximum atomic E-state index is 13.7. The quantitative estimate of drug-likeness (QED) is 0.211. The summed E-state index contributed by atoms with van der Waals surface area (Å²) in [4.78, 5) is 48.5. The van der Waals surface area contributed by atoms with Gasteiger partial charge in [-0.2, -0.15) is 0 Å². The van der Waals surface area contributed by atoms with Crippen molar-refractivity contribution < 1.29 is 4.79 Å². The highest BCUT2D eigenvalue weighted by atomic mass is 35.5. The lowest BCUT2D eigenvalue weighted by Crippen LogP contribution is -2.37. The van der Waals surface area contributed by atoms with E-state index in [1.54, 1.807) is 42.4 Å². The zero-order valence-corrected chi connectivity index (χ0v) is 26.2. The van der Waals surface area contributed by atoms with Crippen molar-refractivity contribution in [1.29, 1.82) is 0 Å². The summed E-state index contributed by atoms with van der Waals surface area (Å²) in [6.07, 6.45) is 5.77. The third-order valence-electron chi connectivity index (χ3n) is 7.36. The van der Waals surface area contributed by atoms with E-state index in [4.69, 9.17) is 28.2 Å². The Morgan fingerprint density at radius 2 is 1.93 bits per heavy atom.